The van der Waals surface area contributed by atoms with Crippen LogP contribution in [0.3, 0.4) is 0 Å². The maximum absolute atomic E-state index is 12.9. The molecule has 1 saturated heterocycles. The van der Waals surface area contributed by atoms with Gasteiger partial charge in [-0.25, -0.2) is 4.79 Å². The summed E-state index contributed by atoms with van der Waals surface area (Å²) in [7, 11) is 0. The molecular formula is C32H36O13. The zero-order valence-corrected chi connectivity index (χ0v) is 24.4. The molecule has 4 aliphatic rings. The van der Waals surface area contributed by atoms with Gasteiger partial charge in [-0.3, -0.25) is 14.4 Å². The predicted octanol–water partition coefficient (Wildman–Crippen LogP) is 1.30. The van der Waals surface area contributed by atoms with Crippen LogP contribution in [0.25, 0.3) is 0 Å². The molecule has 0 aromatic heterocycles. The van der Waals surface area contributed by atoms with E-state index in [2.05, 4.69) is 0 Å². The standard InChI is InChI=1S/C32H36O13/c33-21-12-13-22(20(15-21)16-42-31(39)32(40)14-6-5-11-24(32)34)43-30-27(45-29(38)19-9-3-4-10-19)26(36)25(35)23(44-30)17-41-28(37)18-7-1-2-8-18/h1,3,6-7,9,12-15,18-19,23,25-27,30,33,35-36,40H,2,4-5,8,10-11,16-17H2/t18?,19?,23-,25-,26+,27-,30-,32?/m1/s1. The van der Waals surface area contributed by atoms with E-state index in [0.717, 1.165) is 12.5 Å². The van der Waals surface area contributed by atoms with Gasteiger partial charge in [0.15, 0.2) is 11.9 Å². The molecule has 45 heavy (non-hydrogen) atoms. The first kappa shape index (κ1) is 32.4. The largest absolute Gasteiger partial charge is 0.508 e. The van der Waals surface area contributed by atoms with Gasteiger partial charge in [0.1, 0.15) is 43.0 Å². The van der Waals surface area contributed by atoms with E-state index >= 15 is 0 Å². The third-order valence-corrected chi connectivity index (χ3v) is 8.20. The van der Waals surface area contributed by atoms with E-state index in [1.54, 1.807) is 12.2 Å². The first-order chi connectivity index (χ1) is 21.6. The summed E-state index contributed by atoms with van der Waals surface area (Å²) in [5.41, 5.74) is -2.38. The van der Waals surface area contributed by atoms with Crippen LogP contribution in [0.15, 0.2) is 54.7 Å². The minimum absolute atomic E-state index is 0.0413. The summed E-state index contributed by atoms with van der Waals surface area (Å²) in [6, 6.07) is 3.77. The van der Waals surface area contributed by atoms with Gasteiger partial charge < -0.3 is 44.1 Å². The number of aliphatic hydroxyl groups is 3. The highest BCUT2D eigenvalue weighted by atomic mass is 16.7. The van der Waals surface area contributed by atoms with E-state index in [0.29, 0.717) is 25.7 Å². The molecule has 4 N–H and O–H groups in total. The Morgan fingerprint density at radius 1 is 0.933 bits per heavy atom. The molecule has 1 heterocycles. The molecule has 13 nitrogen and oxygen atoms in total. The van der Waals surface area contributed by atoms with Gasteiger partial charge in [0, 0.05) is 12.0 Å². The summed E-state index contributed by atoms with van der Waals surface area (Å²) >= 11 is 0. The minimum Gasteiger partial charge on any atom is -0.508 e. The van der Waals surface area contributed by atoms with Crippen molar-refractivity contribution in [1.82, 2.24) is 0 Å². The Morgan fingerprint density at radius 3 is 2.31 bits per heavy atom. The molecule has 13 heteroatoms. The lowest BCUT2D eigenvalue weighted by Crippen LogP contribution is -2.61. The first-order valence-corrected chi connectivity index (χ1v) is 14.9. The lowest BCUT2D eigenvalue weighted by atomic mass is 9.90. The van der Waals surface area contributed by atoms with Gasteiger partial charge in [0.05, 0.1) is 11.8 Å². The van der Waals surface area contributed by atoms with Crippen LogP contribution in [0.2, 0.25) is 0 Å². The van der Waals surface area contributed by atoms with Crippen LogP contribution >= 0.6 is 0 Å². The maximum Gasteiger partial charge on any atom is 0.350 e. The average Bonchev–Trinajstić information content (AvgIpc) is 3.77. The number of phenolic OH excluding ortho intramolecular Hbond substituents is 1. The highest BCUT2D eigenvalue weighted by Crippen LogP contribution is 2.32. The molecule has 242 valence electrons. The van der Waals surface area contributed by atoms with Crippen molar-refractivity contribution in [3.05, 3.63) is 60.2 Å². The SMILES string of the molecule is O=C(OC[C@H]1O[C@@H](Oc2ccc(O)cc2COC(=O)C2(O)C=CCCC2=O)[C@H](OC(=O)C2C=CCC2)[C@@H](O)[C@@H]1O)C1C=CCC1. The second-order valence-electron chi connectivity index (χ2n) is 11.4. The number of ketones is 1. The molecule has 5 rings (SSSR count). The Kier molecular flexibility index (Phi) is 10.0. The summed E-state index contributed by atoms with van der Waals surface area (Å²) in [5, 5.41) is 42.6. The number of hydrogen-bond acceptors (Lipinski definition) is 13. The molecule has 0 saturated carbocycles. The number of benzene rings is 1. The van der Waals surface area contributed by atoms with Crippen LogP contribution in [-0.4, -0.2) is 87.0 Å². The molecule has 1 fully saturated rings. The lowest BCUT2D eigenvalue weighted by molar-refractivity contribution is -0.284. The zero-order chi connectivity index (χ0) is 32.1. The molecule has 1 aromatic carbocycles. The van der Waals surface area contributed by atoms with Gasteiger partial charge in [-0.05, 0) is 56.4 Å². The van der Waals surface area contributed by atoms with Crippen molar-refractivity contribution < 1.29 is 63.3 Å². The maximum atomic E-state index is 12.9. The Balaban J connectivity index is 1.34. The van der Waals surface area contributed by atoms with Gasteiger partial charge in [-0.1, -0.05) is 30.4 Å². The summed E-state index contributed by atoms with van der Waals surface area (Å²) in [6.45, 7) is -0.995. The molecule has 3 aliphatic carbocycles. The van der Waals surface area contributed by atoms with E-state index < -0.39 is 85.0 Å². The Labute approximate surface area is 258 Å². The quantitative estimate of drug-likeness (QED) is 0.125. The van der Waals surface area contributed by atoms with Crippen molar-refractivity contribution >= 4 is 23.7 Å². The lowest BCUT2D eigenvalue weighted by Gasteiger charge is -2.42. The third kappa shape index (κ3) is 7.28. The van der Waals surface area contributed by atoms with E-state index in [1.165, 1.54) is 24.3 Å². The van der Waals surface area contributed by atoms with Gasteiger partial charge in [0.2, 0.25) is 11.9 Å². The number of hydrogen-bond donors (Lipinski definition) is 4. The molecule has 0 radical (unpaired) electrons. The number of rotatable bonds is 10. The molecule has 0 amide bonds. The molecule has 3 unspecified atom stereocenters. The summed E-state index contributed by atoms with van der Waals surface area (Å²) in [6.07, 6.45) is 4.75. The van der Waals surface area contributed by atoms with Crippen LogP contribution in [0.1, 0.15) is 44.1 Å². The Hall–Kier alpha value is -4.04. The van der Waals surface area contributed by atoms with Crippen LogP contribution in [0.5, 0.6) is 11.5 Å². The van der Waals surface area contributed by atoms with Gasteiger partial charge in [-0.15, -0.1) is 0 Å². The second kappa shape index (κ2) is 13.9. The van der Waals surface area contributed by atoms with Crippen molar-refractivity contribution in [2.75, 3.05) is 6.61 Å². The minimum atomic E-state index is -2.45. The van der Waals surface area contributed by atoms with Gasteiger partial charge in [-0.2, -0.15) is 0 Å². The highest BCUT2D eigenvalue weighted by Gasteiger charge is 2.49. The van der Waals surface area contributed by atoms with Crippen molar-refractivity contribution in [2.45, 2.75) is 81.4 Å². The summed E-state index contributed by atoms with van der Waals surface area (Å²) in [4.78, 5) is 50.3. The number of aromatic hydroxyl groups is 1. The summed E-state index contributed by atoms with van der Waals surface area (Å²) < 4.78 is 28.1. The van der Waals surface area contributed by atoms with E-state index in [9.17, 15) is 39.6 Å². The monoisotopic (exact) mass is 628 g/mol. The molecule has 8 atom stereocenters. The van der Waals surface area contributed by atoms with E-state index in [1.807, 2.05) is 12.2 Å². The normalized spacial score (nSPS) is 32.3. The van der Waals surface area contributed by atoms with Crippen molar-refractivity contribution in [3.63, 3.8) is 0 Å². The molecular weight excluding hydrogens is 592 g/mol. The predicted molar refractivity (Wildman–Crippen MR) is 152 cm³/mol. The average molecular weight is 629 g/mol. The number of esters is 3. The van der Waals surface area contributed by atoms with Crippen molar-refractivity contribution in [2.24, 2.45) is 11.8 Å². The highest BCUT2D eigenvalue weighted by molar-refractivity contribution is 6.09. The molecule has 1 aliphatic heterocycles. The molecule has 0 bridgehead atoms. The van der Waals surface area contributed by atoms with Gasteiger partial charge in [0.25, 0.3) is 0 Å². The van der Waals surface area contributed by atoms with E-state index in [-0.39, 0.29) is 23.5 Å². The van der Waals surface area contributed by atoms with Crippen molar-refractivity contribution in [3.8, 4) is 11.5 Å². The van der Waals surface area contributed by atoms with Crippen LogP contribution < -0.4 is 4.74 Å². The zero-order valence-electron chi connectivity index (χ0n) is 24.4. The topological polar surface area (TPSA) is 195 Å². The smallest absolute Gasteiger partial charge is 0.350 e. The fourth-order valence-corrected chi connectivity index (χ4v) is 5.52. The number of Topliss-reactive ketones (excluding diaryl/α,β-unsaturated/α-hetero) is 1. The summed E-state index contributed by atoms with van der Waals surface area (Å²) in [5.74, 6) is -4.42. The van der Waals surface area contributed by atoms with Crippen LogP contribution in [0.4, 0.5) is 0 Å². The number of allylic oxidation sites excluding steroid dienone is 3. The number of carbonyl (C=O) groups is 4. The fourth-order valence-electron chi connectivity index (χ4n) is 5.52. The van der Waals surface area contributed by atoms with Crippen LogP contribution in [-0.2, 0) is 44.7 Å². The Morgan fingerprint density at radius 2 is 1.64 bits per heavy atom. The number of carbonyl (C=O) groups excluding carboxylic acids is 4. The number of ether oxygens (including phenoxy) is 5. The number of aliphatic hydroxyl groups excluding tert-OH is 2. The third-order valence-electron chi connectivity index (χ3n) is 8.20. The number of phenols is 1. The van der Waals surface area contributed by atoms with Crippen LogP contribution in [0, 0.1) is 11.8 Å². The van der Waals surface area contributed by atoms with E-state index in [4.69, 9.17) is 23.7 Å². The van der Waals surface area contributed by atoms with Gasteiger partial charge >= 0.3 is 17.9 Å². The molecule has 1 aromatic rings. The molecule has 0 spiro atoms. The first-order valence-electron chi connectivity index (χ1n) is 14.9. The Bertz CT molecular complexity index is 1380. The second-order valence-corrected chi connectivity index (χ2v) is 11.4. The fraction of sp³-hybridized carbons (Fsp3) is 0.500. The van der Waals surface area contributed by atoms with Crippen molar-refractivity contribution in [1.29, 1.82) is 0 Å².